The van der Waals surface area contributed by atoms with Gasteiger partial charge in [-0.25, -0.2) is 0 Å². The zero-order chi connectivity index (χ0) is 10.8. The maximum atomic E-state index is 3.48. The lowest BCUT2D eigenvalue weighted by Crippen LogP contribution is -2.07. The smallest absolute Gasteiger partial charge is 0.0459 e. The molecule has 0 aliphatic carbocycles. The summed E-state index contributed by atoms with van der Waals surface area (Å²) in [6.45, 7) is 5.39. The largest absolute Gasteiger partial charge is 0.357 e. The fourth-order valence-corrected chi connectivity index (χ4v) is 2.20. The molecule has 1 aromatic heterocycles. The third-order valence-corrected chi connectivity index (χ3v) is 2.76. The van der Waals surface area contributed by atoms with Gasteiger partial charge in [-0.3, -0.25) is 0 Å². The van der Waals surface area contributed by atoms with E-state index in [-0.39, 0.29) is 0 Å². The second-order valence-corrected chi connectivity index (χ2v) is 4.25. The summed E-state index contributed by atoms with van der Waals surface area (Å²) in [5.41, 5.74) is 4.00. The van der Waals surface area contributed by atoms with E-state index in [1.54, 1.807) is 0 Å². The van der Waals surface area contributed by atoms with Gasteiger partial charge in [0.25, 0.3) is 0 Å². The number of hydrogen-bond acceptors (Lipinski definition) is 1. The van der Waals surface area contributed by atoms with E-state index in [2.05, 4.69) is 48.4 Å². The average molecular weight is 202 g/mol. The Morgan fingerprint density at radius 1 is 1.27 bits per heavy atom. The summed E-state index contributed by atoms with van der Waals surface area (Å²) in [7, 11) is 1.98. The minimum atomic E-state index is 0.560. The topological polar surface area (TPSA) is 27.8 Å². The van der Waals surface area contributed by atoms with Gasteiger partial charge >= 0.3 is 0 Å². The maximum absolute atomic E-state index is 3.48. The minimum absolute atomic E-state index is 0.560. The van der Waals surface area contributed by atoms with Crippen molar-refractivity contribution in [3.63, 3.8) is 0 Å². The highest BCUT2D eigenvalue weighted by molar-refractivity contribution is 5.85. The molecule has 2 aromatic rings. The summed E-state index contributed by atoms with van der Waals surface area (Å²) in [5.74, 6) is 0.560. The fraction of sp³-hybridized carbons (Fsp3) is 0.385. The van der Waals surface area contributed by atoms with Crippen molar-refractivity contribution in [2.45, 2.75) is 26.3 Å². The van der Waals surface area contributed by atoms with E-state index >= 15 is 0 Å². The Hall–Kier alpha value is -1.28. The molecule has 0 aliphatic heterocycles. The molecule has 0 saturated heterocycles. The first-order valence-electron chi connectivity index (χ1n) is 5.48. The Kier molecular flexibility index (Phi) is 2.78. The molecule has 0 amide bonds. The lowest BCUT2D eigenvalue weighted by atomic mass is 9.99. The number of benzene rings is 1. The van der Waals surface area contributed by atoms with Crippen LogP contribution in [0.5, 0.6) is 0 Å². The second-order valence-electron chi connectivity index (χ2n) is 4.25. The van der Waals surface area contributed by atoms with Gasteiger partial charge in [-0.05, 0) is 24.6 Å². The van der Waals surface area contributed by atoms with Crippen LogP contribution < -0.4 is 5.32 Å². The molecule has 0 unspecified atom stereocenters. The van der Waals surface area contributed by atoms with Gasteiger partial charge in [-0.15, -0.1) is 0 Å². The maximum Gasteiger partial charge on any atom is 0.0459 e. The SMILES string of the molecule is CNCc1[nH]c2ccccc2c1C(C)C. The van der Waals surface area contributed by atoms with Gasteiger partial charge < -0.3 is 10.3 Å². The first-order valence-corrected chi connectivity index (χ1v) is 5.48. The second kappa shape index (κ2) is 4.07. The van der Waals surface area contributed by atoms with Crippen LogP contribution in [-0.4, -0.2) is 12.0 Å². The van der Waals surface area contributed by atoms with E-state index in [4.69, 9.17) is 0 Å². The van der Waals surface area contributed by atoms with Crippen LogP contribution in [-0.2, 0) is 6.54 Å². The van der Waals surface area contributed by atoms with Crippen LogP contribution in [0, 0.1) is 0 Å². The van der Waals surface area contributed by atoms with E-state index < -0.39 is 0 Å². The van der Waals surface area contributed by atoms with Crippen molar-refractivity contribution < 1.29 is 0 Å². The number of aromatic amines is 1. The summed E-state index contributed by atoms with van der Waals surface area (Å²) in [4.78, 5) is 3.48. The molecule has 0 saturated carbocycles. The monoisotopic (exact) mass is 202 g/mol. The number of H-pyrrole nitrogens is 1. The highest BCUT2D eigenvalue weighted by atomic mass is 14.9. The minimum Gasteiger partial charge on any atom is -0.357 e. The zero-order valence-electron chi connectivity index (χ0n) is 9.59. The molecule has 2 nitrogen and oxygen atoms in total. The first-order chi connectivity index (χ1) is 7.24. The van der Waals surface area contributed by atoms with E-state index in [9.17, 15) is 0 Å². The Morgan fingerprint density at radius 3 is 2.67 bits per heavy atom. The van der Waals surface area contributed by atoms with Crippen LogP contribution in [0.15, 0.2) is 24.3 Å². The molecular formula is C13H18N2. The summed E-state index contributed by atoms with van der Waals surface area (Å²) >= 11 is 0. The summed E-state index contributed by atoms with van der Waals surface area (Å²) in [5, 5.41) is 4.57. The molecule has 2 rings (SSSR count). The molecule has 0 atom stereocenters. The lowest BCUT2D eigenvalue weighted by Gasteiger charge is -2.07. The van der Waals surface area contributed by atoms with Crippen molar-refractivity contribution in [1.29, 1.82) is 0 Å². The summed E-state index contributed by atoms with van der Waals surface area (Å²) in [6.07, 6.45) is 0. The predicted molar refractivity (Wildman–Crippen MR) is 65.2 cm³/mol. The van der Waals surface area contributed by atoms with Gasteiger partial charge in [0, 0.05) is 23.1 Å². The van der Waals surface area contributed by atoms with E-state index in [0.29, 0.717) is 5.92 Å². The molecule has 0 radical (unpaired) electrons. The molecule has 80 valence electrons. The molecule has 2 heteroatoms. The Labute approximate surface area is 90.7 Å². The number of rotatable bonds is 3. The van der Waals surface area contributed by atoms with Crippen LogP contribution in [0.2, 0.25) is 0 Å². The zero-order valence-corrected chi connectivity index (χ0v) is 9.59. The number of hydrogen-bond donors (Lipinski definition) is 2. The predicted octanol–water partition coefficient (Wildman–Crippen LogP) is 3.01. The quantitative estimate of drug-likeness (QED) is 0.786. The molecule has 1 aromatic carbocycles. The van der Waals surface area contributed by atoms with Gasteiger partial charge in [-0.1, -0.05) is 32.0 Å². The van der Waals surface area contributed by atoms with Crippen LogP contribution in [0.3, 0.4) is 0 Å². The average Bonchev–Trinajstić information content (AvgIpc) is 2.56. The van der Waals surface area contributed by atoms with Crippen molar-refractivity contribution in [1.82, 2.24) is 10.3 Å². The van der Waals surface area contributed by atoms with Crippen molar-refractivity contribution in [3.8, 4) is 0 Å². The molecule has 0 spiro atoms. The Morgan fingerprint density at radius 2 is 2.00 bits per heavy atom. The van der Waals surface area contributed by atoms with Crippen molar-refractivity contribution in [2.75, 3.05) is 7.05 Å². The summed E-state index contributed by atoms with van der Waals surface area (Å²) in [6, 6.07) is 8.51. The first kappa shape index (κ1) is 10.2. The summed E-state index contributed by atoms with van der Waals surface area (Å²) < 4.78 is 0. The lowest BCUT2D eigenvalue weighted by molar-refractivity contribution is 0.765. The Bertz CT molecular complexity index is 455. The van der Waals surface area contributed by atoms with Crippen molar-refractivity contribution in [3.05, 3.63) is 35.5 Å². The molecule has 0 bridgehead atoms. The van der Waals surface area contributed by atoms with Gasteiger partial charge in [0.05, 0.1) is 0 Å². The van der Waals surface area contributed by atoms with Crippen LogP contribution in [0.4, 0.5) is 0 Å². The van der Waals surface area contributed by atoms with Crippen molar-refractivity contribution in [2.24, 2.45) is 0 Å². The molecule has 0 fully saturated rings. The molecule has 1 heterocycles. The van der Waals surface area contributed by atoms with Crippen LogP contribution in [0.25, 0.3) is 10.9 Å². The van der Waals surface area contributed by atoms with E-state index in [1.807, 2.05) is 7.05 Å². The highest BCUT2D eigenvalue weighted by Gasteiger charge is 2.12. The van der Waals surface area contributed by atoms with Crippen LogP contribution >= 0.6 is 0 Å². The number of aromatic nitrogens is 1. The van der Waals surface area contributed by atoms with E-state index in [0.717, 1.165) is 6.54 Å². The van der Waals surface area contributed by atoms with Gasteiger partial charge in [0.1, 0.15) is 0 Å². The molecule has 15 heavy (non-hydrogen) atoms. The number of nitrogens with one attached hydrogen (secondary N) is 2. The molecule has 2 N–H and O–H groups in total. The van der Waals surface area contributed by atoms with Crippen molar-refractivity contribution >= 4 is 10.9 Å². The van der Waals surface area contributed by atoms with Crippen LogP contribution in [0.1, 0.15) is 31.0 Å². The third-order valence-electron chi connectivity index (χ3n) is 2.76. The Balaban J connectivity index is 2.63. The van der Waals surface area contributed by atoms with E-state index in [1.165, 1.54) is 22.2 Å². The fourth-order valence-electron chi connectivity index (χ4n) is 2.20. The number of fused-ring (bicyclic) bond motifs is 1. The highest BCUT2D eigenvalue weighted by Crippen LogP contribution is 2.28. The standard InChI is InChI=1S/C13H18N2/c1-9(2)13-10-6-4-5-7-11(10)15-12(13)8-14-3/h4-7,9,14-15H,8H2,1-3H3. The molecular weight excluding hydrogens is 184 g/mol. The molecule has 0 aliphatic rings. The third kappa shape index (κ3) is 1.77. The number of para-hydroxylation sites is 1. The normalized spacial score (nSPS) is 11.5. The van der Waals surface area contributed by atoms with Gasteiger partial charge in [0.2, 0.25) is 0 Å². The van der Waals surface area contributed by atoms with Gasteiger partial charge in [-0.2, -0.15) is 0 Å². The van der Waals surface area contributed by atoms with Gasteiger partial charge in [0.15, 0.2) is 0 Å².